The molecule has 2 rings (SSSR count). The Labute approximate surface area is 71.4 Å². The fourth-order valence-corrected chi connectivity index (χ4v) is 1.56. The third kappa shape index (κ3) is 1.06. The van der Waals surface area contributed by atoms with Gasteiger partial charge in [0.15, 0.2) is 10.8 Å². The molecule has 0 aliphatic heterocycles. The van der Waals surface area contributed by atoms with E-state index in [2.05, 4.69) is 19.6 Å². The molecule has 2 aromatic rings. The highest BCUT2D eigenvalue weighted by Crippen LogP contribution is 2.20. The van der Waals surface area contributed by atoms with E-state index in [9.17, 15) is 0 Å². The predicted octanol–water partition coefficient (Wildman–Crippen LogP) is 1.44. The van der Waals surface area contributed by atoms with Crippen molar-refractivity contribution in [2.45, 2.75) is 6.92 Å². The quantitative estimate of drug-likeness (QED) is 0.585. The number of hydrogen-bond donors (Lipinski definition) is 0. The second-order valence-electron chi connectivity index (χ2n) is 1.99. The van der Waals surface area contributed by atoms with Crippen LogP contribution in [0.1, 0.15) is 5.82 Å². The van der Waals surface area contributed by atoms with Crippen LogP contribution in [0.3, 0.4) is 0 Å². The van der Waals surface area contributed by atoms with E-state index < -0.39 is 0 Å². The van der Waals surface area contributed by atoms with Gasteiger partial charge in [0.1, 0.15) is 10.5 Å². The van der Waals surface area contributed by atoms with Gasteiger partial charge in [-0.1, -0.05) is 16.1 Å². The summed E-state index contributed by atoms with van der Waals surface area (Å²) in [4.78, 5) is 8.00. The Kier molecular flexibility index (Phi) is 1.47. The molecule has 0 saturated carbocycles. The van der Waals surface area contributed by atoms with Crippen LogP contribution >= 0.6 is 23.1 Å². The molecule has 0 saturated heterocycles. The minimum Gasteiger partial charge on any atom is -0.220 e. The molecule has 2 aromatic heterocycles. The van der Waals surface area contributed by atoms with Crippen molar-refractivity contribution < 1.29 is 0 Å². The lowest BCUT2D eigenvalue weighted by atomic mass is 10.6. The van der Waals surface area contributed by atoms with Gasteiger partial charge in [-0.25, -0.2) is 9.97 Å². The zero-order valence-electron chi connectivity index (χ0n) is 5.58. The molecule has 0 aliphatic carbocycles. The van der Waals surface area contributed by atoms with E-state index in [1.165, 1.54) is 11.5 Å². The zero-order valence-corrected chi connectivity index (χ0v) is 7.15. The van der Waals surface area contributed by atoms with Gasteiger partial charge in [0.05, 0.1) is 0 Å². The van der Waals surface area contributed by atoms with Crippen molar-refractivity contribution >= 4 is 33.5 Å². The van der Waals surface area contributed by atoms with Gasteiger partial charge < -0.3 is 0 Å². The molecule has 0 unspecified atom stereocenters. The second kappa shape index (κ2) is 2.35. The van der Waals surface area contributed by atoms with Gasteiger partial charge in [-0.2, -0.15) is 0 Å². The lowest BCUT2D eigenvalue weighted by Crippen LogP contribution is -1.87. The number of nitrogens with zero attached hydrogens (tertiary/aromatic N) is 4. The number of halogens is 1. The molecule has 56 valence electrons. The molecule has 0 spiro atoms. The summed E-state index contributed by atoms with van der Waals surface area (Å²) in [5, 5.41) is 4.21. The SMILES string of the molecule is Cc1nc(Cl)c2snnc2n1. The summed E-state index contributed by atoms with van der Waals surface area (Å²) < 4.78 is 4.46. The molecule has 0 radical (unpaired) electrons. The van der Waals surface area contributed by atoms with Gasteiger partial charge in [0, 0.05) is 0 Å². The number of aromatic nitrogens is 4. The van der Waals surface area contributed by atoms with Crippen LogP contribution in [0, 0.1) is 6.92 Å². The van der Waals surface area contributed by atoms with Gasteiger partial charge in [0.2, 0.25) is 0 Å². The van der Waals surface area contributed by atoms with E-state index in [0.29, 0.717) is 16.6 Å². The summed E-state index contributed by atoms with van der Waals surface area (Å²) in [6, 6.07) is 0. The Morgan fingerprint density at radius 3 is 3.00 bits per heavy atom. The molecule has 0 bridgehead atoms. The molecule has 0 aliphatic rings. The van der Waals surface area contributed by atoms with Crippen LogP contribution in [0.2, 0.25) is 5.15 Å². The maximum Gasteiger partial charge on any atom is 0.199 e. The molecule has 0 atom stereocenters. The highest BCUT2D eigenvalue weighted by Gasteiger charge is 2.05. The lowest BCUT2D eigenvalue weighted by molar-refractivity contribution is 1.06. The van der Waals surface area contributed by atoms with E-state index in [0.717, 1.165) is 4.70 Å². The first kappa shape index (κ1) is 6.87. The number of aryl methyl sites for hydroxylation is 1. The molecule has 0 amide bonds. The normalized spacial score (nSPS) is 10.7. The summed E-state index contributed by atoms with van der Waals surface area (Å²) >= 11 is 6.99. The fraction of sp³-hybridized carbons (Fsp3) is 0.200. The van der Waals surface area contributed by atoms with E-state index in [1.54, 1.807) is 6.92 Å². The molecule has 6 heteroatoms. The Balaban J connectivity index is 2.91. The van der Waals surface area contributed by atoms with E-state index >= 15 is 0 Å². The summed E-state index contributed by atoms with van der Waals surface area (Å²) in [7, 11) is 0. The minimum atomic E-state index is 0.433. The van der Waals surface area contributed by atoms with Crippen LogP contribution in [0.25, 0.3) is 10.3 Å². The van der Waals surface area contributed by atoms with Crippen molar-refractivity contribution in [1.82, 2.24) is 19.6 Å². The topological polar surface area (TPSA) is 51.6 Å². The van der Waals surface area contributed by atoms with Crippen LogP contribution in [0.4, 0.5) is 0 Å². The summed E-state index contributed by atoms with van der Waals surface area (Å²) in [5.74, 6) is 0.621. The fourth-order valence-electron chi connectivity index (χ4n) is 0.760. The number of rotatable bonds is 0. The average Bonchev–Trinajstić information content (AvgIpc) is 2.34. The van der Waals surface area contributed by atoms with Crippen LogP contribution < -0.4 is 0 Å². The number of fused-ring (bicyclic) bond motifs is 1. The molecule has 0 N–H and O–H groups in total. The molecule has 4 nitrogen and oxygen atoms in total. The van der Waals surface area contributed by atoms with Crippen LogP contribution in [-0.2, 0) is 0 Å². The molecule has 2 heterocycles. The van der Waals surface area contributed by atoms with E-state index in [4.69, 9.17) is 11.6 Å². The second-order valence-corrected chi connectivity index (χ2v) is 3.10. The third-order valence-corrected chi connectivity index (χ3v) is 2.29. The van der Waals surface area contributed by atoms with Crippen molar-refractivity contribution in [1.29, 1.82) is 0 Å². The molecular weight excluding hydrogens is 184 g/mol. The van der Waals surface area contributed by atoms with Gasteiger partial charge in [-0.15, -0.1) is 5.10 Å². The van der Waals surface area contributed by atoms with Crippen molar-refractivity contribution in [2.75, 3.05) is 0 Å². The first-order chi connectivity index (χ1) is 5.27. The highest BCUT2D eigenvalue weighted by atomic mass is 35.5. The van der Waals surface area contributed by atoms with Crippen molar-refractivity contribution in [3.05, 3.63) is 11.0 Å². The molecule has 11 heavy (non-hydrogen) atoms. The van der Waals surface area contributed by atoms with Crippen LogP contribution in [0.5, 0.6) is 0 Å². The van der Waals surface area contributed by atoms with E-state index in [-0.39, 0.29) is 0 Å². The van der Waals surface area contributed by atoms with E-state index in [1.807, 2.05) is 0 Å². The van der Waals surface area contributed by atoms with Gasteiger partial charge in [-0.3, -0.25) is 0 Å². The van der Waals surface area contributed by atoms with Gasteiger partial charge >= 0.3 is 0 Å². The summed E-state index contributed by atoms with van der Waals surface area (Å²) in [5.41, 5.74) is 0.576. The van der Waals surface area contributed by atoms with Gasteiger partial charge in [-0.05, 0) is 18.5 Å². The maximum absolute atomic E-state index is 5.78. The monoisotopic (exact) mass is 186 g/mol. The Morgan fingerprint density at radius 1 is 1.36 bits per heavy atom. The third-order valence-electron chi connectivity index (χ3n) is 1.19. The summed E-state index contributed by atoms with van der Waals surface area (Å²) in [6.45, 7) is 1.77. The Hall–Kier alpha value is -0.810. The number of hydrogen-bond acceptors (Lipinski definition) is 5. The minimum absolute atomic E-state index is 0.433. The predicted molar refractivity (Wildman–Crippen MR) is 42.8 cm³/mol. The maximum atomic E-state index is 5.78. The molecule has 0 aromatic carbocycles. The summed E-state index contributed by atoms with van der Waals surface area (Å²) in [6.07, 6.45) is 0. The largest absolute Gasteiger partial charge is 0.220 e. The van der Waals surface area contributed by atoms with Crippen molar-refractivity contribution in [3.8, 4) is 0 Å². The Bertz CT molecular complexity index is 398. The van der Waals surface area contributed by atoms with Crippen molar-refractivity contribution in [2.24, 2.45) is 0 Å². The van der Waals surface area contributed by atoms with Gasteiger partial charge in [0.25, 0.3) is 0 Å². The zero-order chi connectivity index (χ0) is 7.84. The van der Waals surface area contributed by atoms with Crippen LogP contribution in [0.15, 0.2) is 0 Å². The lowest BCUT2D eigenvalue weighted by Gasteiger charge is -1.90. The first-order valence-corrected chi connectivity index (χ1v) is 4.05. The first-order valence-electron chi connectivity index (χ1n) is 2.89. The Morgan fingerprint density at radius 2 is 2.18 bits per heavy atom. The average molecular weight is 187 g/mol. The smallest absolute Gasteiger partial charge is 0.199 e. The molecular formula is C5H3ClN4S. The van der Waals surface area contributed by atoms with Crippen molar-refractivity contribution in [3.63, 3.8) is 0 Å². The van der Waals surface area contributed by atoms with Crippen LogP contribution in [-0.4, -0.2) is 19.6 Å². The standard InChI is InChI=1S/C5H3ClN4S/c1-2-7-4(6)3-5(8-2)9-10-11-3/h1H3. The molecule has 0 fully saturated rings. The highest BCUT2D eigenvalue weighted by molar-refractivity contribution is 7.13.